The third kappa shape index (κ3) is 2.76. The number of aromatic nitrogens is 2. The van der Waals surface area contributed by atoms with Crippen LogP contribution in [-0.4, -0.2) is 40.4 Å². The van der Waals surface area contributed by atoms with Crippen molar-refractivity contribution < 1.29 is 4.79 Å². The van der Waals surface area contributed by atoms with E-state index in [9.17, 15) is 4.79 Å². The Bertz CT molecular complexity index is 448. The number of primary amides is 1. The quantitative estimate of drug-likeness (QED) is 0.800. The van der Waals surface area contributed by atoms with Gasteiger partial charge in [0.15, 0.2) is 0 Å². The number of carbonyl (C=O) groups excluding carboxylic acids is 1. The van der Waals surface area contributed by atoms with Gasteiger partial charge in [0, 0.05) is 18.8 Å². The smallest absolute Gasteiger partial charge is 0.234 e. The van der Waals surface area contributed by atoms with Crippen LogP contribution in [0.2, 0.25) is 0 Å². The zero-order valence-electron chi connectivity index (χ0n) is 10.8. The molecule has 0 spiro atoms. The van der Waals surface area contributed by atoms with Crippen LogP contribution >= 0.6 is 0 Å². The van der Waals surface area contributed by atoms with Gasteiger partial charge >= 0.3 is 0 Å². The number of rotatable bonds is 4. The van der Waals surface area contributed by atoms with Gasteiger partial charge in [-0.05, 0) is 26.3 Å². The van der Waals surface area contributed by atoms with Crippen molar-refractivity contribution in [2.24, 2.45) is 5.73 Å². The second-order valence-electron chi connectivity index (χ2n) is 4.59. The van der Waals surface area contributed by atoms with Gasteiger partial charge in [0.2, 0.25) is 5.91 Å². The van der Waals surface area contributed by atoms with Gasteiger partial charge in [-0.1, -0.05) is 0 Å². The van der Waals surface area contributed by atoms with Crippen LogP contribution in [0.25, 0.3) is 0 Å². The largest absolute Gasteiger partial charge is 0.373 e. The van der Waals surface area contributed by atoms with Crippen LogP contribution < -0.4 is 11.1 Å². The van der Waals surface area contributed by atoms with Crippen LogP contribution in [0.1, 0.15) is 24.4 Å². The topological polar surface area (TPSA) is 84.1 Å². The van der Waals surface area contributed by atoms with Crippen molar-refractivity contribution in [3.05, 3.63) is 17.6 Å². The molecular weight excluding hydrogens is 230 g/mol. The molecule has 2 heterocycles. The van der Waals surface area contributed by atoms with E-state index in [4.69, 9.17) is 5.73 Å². The molecule has 1 aliphatic rings. The average Bonchev–Trinajstić information content (AvgIpc) is 2.76. The molecule has 1 unspecified atom stereocenters. The summed E-state index contributed by atoms with van der Waals surface area (Å²) in [5.41, 5.74) is 6.31. The summed E-state index contributed by atoms with van der Waals surface area (Å²) < 4.78 is 0. The standard InChI is InChI=1S/C12H19N5O/c1-8-6-10(14-2)16-11(15-8)7-17-5-3-4-9(17)12(13)18/h6,9H,3-5,7H2,1-2H3,(H2,13,18)(H,14,15,16). The molecule has 2 rings (SSSR count). The van der Waals surface area contributed by atoms with Crippen molar-refractivity contribution in [3.63, 3.8) is 0 Å². The van der Waals surface area contributed by atoms with Gasteiger partial charge in [-0.15, -0.1) is 0 Å². The number of hydrogen-bond donors (Lipinski definition) is 2. The predicted molar refractivity (Wildman–Crippen MR) is 68.9 cm³/mol. The number of hydrogen-bond acceptors (Lipinski definition) is 5. The van der Waals surface area contributed by atoms with Crippen molar-refractivity contribution in [1.82, 2.24) is 14.9 Å². The lowest BCUT2D eigenvalue weighted by atomic mass is 10.2. The molecule has 1 atom stereocenters. The molecule has 0 saturated carbocycles. The molecule has 1 aliphatic heterocycles. The highest BCUT2D eigenvalue weighted by molar-refractivity contribution is 5.80. The highest BCUT2D eigenvalue weighted by Gasteiger charge is 2.29. The Morgan fingerprint density at radius 3 is 3.06 bits per heavy atom. The summed E-state index contributed by atoms with van der Waals surface area (Å²) in [4.78, 5) is 22.2. The molecule has 1 aromatic rings. The Morgan fingerprint density at radius 1 is 1.61 bits per heavy atom. The van der Waals surface area contributed by atoms with Crippen LogP contribution in [0.3, 0.4) is 0 Å². The highest BCUT2D eigenvalue weighted by atomic mass is 16.1. The number of nitrogens with one attached hydrogen (secondary N) is 1. The number of amides is 1. The predicted octanol–water partition coefficient (Wildman–Crippen LogP) is 0.276. The molecular formula is C12H19N5O. The zero-order chi connectivity index (χ0) is 13.1. The number of anilines is 1. The molecule has 3 N–H and O–H groups in total. The molecule has 1 fully saturated rings. The van der Waals surface area contributed by atoms with Gasteiger partial charge in [0.1, 0.15) is 11.6 Å². The zero-order valence-corrected chi connectivity index (χ0v) is 10.8. The number of nitrogens with two attached hydrogens (primary N) is 1. The fourth-order valence-electron chi connectivity index (χ4n) is 2.35. The van der Waals surface area contributed by atoms with Gasteiger partial charge in [-0.3, -0.25) is 9.69 Å². The van der Waals surface area contributed by atoms with Crippen LogP contribution in [0, 0.1) is 6.92 Å². The summed E-state index contributed by atoms with van der Waals surface area (Å²) >= 11 is 0. The Balaban J connectivity index is 2.13. The number of carbonyl (C=O) groups is 1. The first-order chi connectivity index (χ1) is 8.60. The van der Waals surface area contributed by atoms with Gasteiger partial charge in [0.25, 0.3) is 0 Å². The molecule has 1 aromatic heterocycles. The molecule has 0 aromatic carbocycles. The van der Waals surface area contributed by atoms with Crippen molar-refractivity contribution in [2.75, 3.05) is 18.9 Å². The van der Waals surface area contributed by atoms with E-state index >= 15 is 0 Å². The molecule has 18 heavy (non-hydrogen) atoms. The minimum atomic E-state index is -0.256. The third-order valence-corrected chi connectivity index (χ3v) is 3.19. The van der Waals surface area contributed by atoms with Crippen molar-refractivity contribution in [3.8, 4) is 0 Å². The van der Waals surface area contributed by atoms with E-state index in [1.165, 1.54) is 0 Å². The molecule has 6 nitrogen and oxygen atoms in total. The number of likely N-dealkylation sites (tertiary alicyclic amines) is 1. The maximum atomic E-state index is 11.3. The second-order valence-corrected chi connectivity index (χ2v) is 4.59. The van der Waals surface area contributed by atoms with E-state index in [0.29, 0.717) is 6.54 Å². The first-order valence-electron chi connectivity index (χ1n) is 6.16. The first-order valence-corrected chi connectivity index (χ1v) is 6.16. The molecule has 0 radical (unpaired) electrons. The van der Waals surface area contributed by atoms with E-state index in [-0.39, 0.29) is 11.9 Å². The van der Waals surface area contributed by atoms with Crippen LogP contribution in [0.5, 0.6) is 0 Å². The summed E-state index contributed by atoms with van der Waals surface area (Å²) in [6.45, 7) is 3.38. The molecule has 6 heteroatoms. The Hall–Kier alpha value is -1.69. The van der Waals surface area contributed by atoms with Crippen LogP contribution in [0.15, 0.2) is 6.07 Å². The van der Waals surface area contributed by atoms with E-state index < -0.39 is 0 Å². The average molecular weight is 249 g/mol. The van der Waals surface area contributed by atoms with Crippen LogP contribution in [0.4, 0.5) is 5.82 Å². The Kier molecular flexibility index (Phi) is 3.76. The van der Waals surface area contributed by atoms with Crippen molar-refractivity contribution in [1.29, 1.82) is 0 Å². The Morgan fingerprint density at radius 2 is 2.39 bits per heavy atom. The summed E-state index contributed by atoms with van der Waals surface area (Å²) in [6, 6.07) is 1.71. The SMILES string of the molecule is CNc1cc(C)nc(CN2CCCC2C(N)=O)n1. The lowest BCUT2D eigenvalue weighted by Gasteiger charge is -2.21. The summed E-state index contributed by atoms with van der Waals surface area (Å²) in [6.07, 6.45) is 1.83. The van der Waals surface area contributed by atoms with Crippen molar-refractivity contribution >= 4 is 11.7 Å². The molecule has 98 valence electrons. The fourth-order valence-corrected chi connectivity index (χ4v) is 2.35. The minimum Gasteiger partial charge on any atom is -0.373 e. The van der Waals surface area contributed by atoms with Crippen LogP contribution in [-0.2, 0) is 11.3 Å². The molecule has 1 amide bonds. The monoisotopic (exact) mass is 249 g/mol. The Labute approximate surface area is 107 Å². The highest BCUT2D eigenvalue weighted by Crippen LogP contribution is 2.19. The van der Waals surface area contributed by atoms with E-state index in [1.54, 1.807) is 0 Å². The molecule has 0 bridgehead atoms. The minimum absolute atomic E-state index is 0.174. The maximum absolute atomic E-state index is 11.3. The van der Waals surface area contributed by atoms with E-state index in [0.717, 1.165) is 36.7 Å². The normalized spacial score (nSPS) is 20.0. The first kappa shape index (κ1) is 12.8. The lowest BCUT2D eigenvalue weighted by molar-refractivity contribution is -0.122. The van der Waals surface area contributed by atoms with Gasteiger partial charge < -0.3 is 11.1 Å². The molecule has 1 saturated heterocycles. The van der Waals surface area contributed by atoms with Gasteiger partial charge in [-0.2, -0.15) is 0 Å². The number of nitrogens with zero attached hydrogens (tertiary/aromatic N) is 3. The fraction of sp³-hybridized carbons (Fsp3) is 0.583. The van der Waals surface area contributed by atoms with E-state index in [2.05, 4.69) is 20.2 Å². The van der Waals surface area contributed by atoms with Gasteiger partial charge in [0.05, 0.1) is 12.6 Å². The number of aryl methyl sites for hydroxylation is 1. The van der Waals surface area contributed by atoms with Gasteiger partial charge in [-0.25, -0.2) is 9.97 Å². The van der Waals surface area contributed by atoms with E-state index in [1.807, 2.05) is 20.0 Å². The lowest BCUT2D eigenvalue weighted by Crippen LogP contribution is -2.40. The maximum Gasteiger partial charge on any atom is 0.234 e. The summed E-state index contributed by atoms with van der Waals surface area (Å²) in [5.74, 6) is 1.27. The molecule has 0 aliphatic carbocycles. The second kappa shape index (κ2) is 5.30. The van der Waals surface area contributed by atoms with Crippen molar-refractivity contribution in [2.45, 2.75) is 32.4 Å². The summed E-state index contributed by atoms with van der Waals surface area (Å²) in [5, 5.41) is 3.01. The summed E-state index contributed by atoms with van der Waals surface area (Å²) in [7, 11) is 1.83. The third-order valence-electron chi connectivity index (χ3n) is 3.19.